The molecule has 1 amide bonds. The van der Waals surface area contributed by atoms with Crippen LogP contribution in [0.1, 0.15) is 18.4 Å². The first kappa shape index (κ1) is 11.8. The zero-order valence-electron chi connectivity index (χ0n) is 10.2. The summed E-state index contributed by atoms with van der Waals surface area (Å²) in [5.74, 6) is 0.843. The van der Waals surface area contributed by atoms with Crippen LogP contribution in [0.15, 0.2) is 18.2 Å². The van der Waals surface area contributed by atoms with Crippen molar-refractivity contribution in [3.63, 3.8) is 0 Å². The lowest BCUT2D eigenvalue weighted by molar-refractivity contribution is -0.119. The van der Waals surface area contributed by atoms with Gasteiger partial charge in [0.1, 0.15) is 5.75 Å². The van der Waals surface area contributed by atoms with Gasteiger partial charge in [0.25, 0.3) is 0 Å². The Morgan fingerprint density at radius 1 is 1.47 bits per heavy atom. The molecule has 1 fully saturated rings. The molecule has 0 spiro atoms. The lowest BCUT2D eigenvalue weighted by atomic mass is 10.2. The van der Waals surface area contributed by atoms with E-state index in [0.717, 1.165) is 29.8 Å². The molecule has 0 unspecified atom stereocenters. The zero-order chi connectivity index (χ0) is 12.3. The highest BCUT2D eigenvalue weighted by molar-refractivity contribution is 5.81. The molecule has 2 N–H and O–H groups in total. The lowest BCUT2D eigenvalue weighted by Gasteiger charge is -2.11. The Hall–Kier alpha value is -1.71. The fourth-order valence-electron chi connectivity index (χ4n) is 1.60. The minimum atomic E-state index is 0.0507. The van der Waals surface area contributed by atoms with Gasteiger partial charge in [-0.2, -0.15) is 0 Å². The summed E-state index contributed by atoms with van der Waals surface area (Å²) >= 11 is 0. The number of rotatable bonds is 5. The van der Waals surface area contributed by atoms with Gasteiger partial charge in [0.15, 0.2) is 0 Å². The van der Waals surface area contributed by atoms with E-state index in [1.807, 2.05) is 25.1 Å². The number of hydrogen-bond acceptors (Lipinski definition) is 3. The molecule has 92 valence electrons. The summed E-state index contributed by atoms with van der Waals surface area (Å²) in [5, 5.41) is 6.07. The Balaban J connectivity index is 1.90. The van der Waals surface area contributed by atoms with Crippen molar-refractivity contribution in [3.8, 4) is 5.75 Å². The van der Waals surface area contributed by atoms with Crippen molar-refractivity contribution >= 4 is 11.6 Å². The van der Waals surface area contributed by atoms with Crippen molar-refractivity contribution in [1.82, 2.24) is 5.32 Å². The van der Waals surface area contributed by atoms with Crippen LogP contribution in [0.2, 0.25) is 0 Å². The van der Waals surface area contributed by atoms with Gasteiger partial charge < -0.3 is 15.4 Å². The van der Waals surface area contributed by atoms with Crippen LogP contribution in [-0.2, 0) is 4.79 Å². The summed E-state index contributed by atoms with van der Waals surface area (Å²) in [5.41, 5.74) is 2.04. The molecular formula is C13H18N2O2. The molecule has 1 aromatic carbocycles. The van der Waals surface area contributed by atoms with Crippen LogP contribution in [-0.4, -0.2) is 25.6 Å². The zero-order valence-corrected chi connectivity index (χ0v) is 10.2. The van der Waals surface area contributed by atoms with E-state index in [9.17, 15) is 4.79 Å². The third-order valence-corrected chi connectivity index (χ3v) is 2.83. The summed E-state index contributed by atoms with van der Waals surface area (Å²) in [6, 6.07) is 6.19. The number of amides is 1. The number of carbonyl (C=O) groups excluding carboxylic acids is 1. The molecule has 1 aliphatic rings. The summed E-state index contributed by atoms with van der Waals surface area (Å²) in [6.45, 7) is 2.31. The summed E-state index contributed by atoms with van der Waals surface area (Å²) in [6.07, 6.45) is 2.23. The molecule has 0 aromatic heterocycles. The Labute approximate surface area is 101 Å². The fourth-order valence-corrected chi connectivity index (χ4v) is 1.60. The first-order valence-electron chi connectivity index (χ1n) is 5.87. The number of benzene rings is 1. The SMILES string of the molecule is COc1ccc(C)c(NCC(=O)NC2CC2)c1. The third kappa shape index (κ3) is 3.37. The van der Waals surface area contributed by atoms with E-state index >= 15 is 0 Å². The van der Waals surface area contributed by atoms with Gasteiger partial charge in [-0.3, -0.25) is 4.79 Å². The maximum atomic E-state index is 11.5. The number of anilines is 1. The molecule has 1 saturated carbocycles. The third-order valence-electron chi connectivity index (χ3n) is 2.83. The quantitative estimate of drug-likeness (QED) is 0.815. The van der Waals surface area contributed by atoms with Crippen molar-refractivity contribution in [2.45, 2.75) is 25.8 Å². The molecule has 4 heteroatoms. The molecule has 4 nitrogen and oxygen atoms in total. The average molecular weight is 234 g/mol. The van der Waals surface area contributed by atoms with E-state index in [-0.39, 0.29) is 5.91 Å². The first-order chi connectivity index (χ1) is 8.19. The van der Waals surface area contributed by atoms with Gasteiger partial charge >= 0.3 is 0 Å². The van der Waals surface area contributed by atoms with Crippen LogP contribution in [0.5, 0.6) is 5.75 Å². The van der Waals surface area contributed by atoms with Gasteiger partial charge in [0.2, 0.25) is 5.91 Å². The van der Waals surface area contributed by atoms with Gasteiger partial charge in [-0.25, -0.2) is 0 Å². The predicted octanol–water partition coefficient (Wildman–Crippen LogP) is 1.69. The van der Waals surface area contributed by atoms with Crippen molar-refractivity contribution in [2.24, 2.45) is 0 Å². The van der Waals surface area contributed by atoms with Crippen LogP contribution >= 0.6 is 0 Å². The monoisotopic (exact) mass is 234 g/mol. The normalized spacial score (nSPS) is 14.2. The lowest BCUT2D eigenvalue weighted by Crippen LogP contribution is -2.31. The first-order valence-corrected chi connectivity index (χ1v) is 5.87. The summed E-state index contributed by atoms with van der Waals surface area (Å²) < 4.78 is 5.15. The minimum absolute atomic E-state index is 0.0507. The Morgan fingerprint density at radius 3 is 2.88 bits per heavy atom. The van der Waals surface area contributed by atoms with E-state index in [0.29, 0.717) is 12.6 Å². The van der Waals surface area contributed by atoms with E-state index in [4.69, 9.17) is 4.74 Å². The van der Waals surface area contributed by atoms with Crippen LogP contribution in [0, 0.1) is 6.92 Å². The molecule has 0 atom stereocenters. The molecule has 0 heterocycles. The molecule has 0 bridgehead atoms. The van der Waals surface area contributed by atoms with Gasteiger partial charge in [0.05, 0.1) is 13.7 Å². The van der Waals surface area contributed by atoms with Crippen molar-refractivity contribution in [3.05, 3.63) is 23.8 Å². The van der Waals surface area contributed by atoms with Crippen molar-refractivity contribution < 1.29 is 9.53 Å². The van der Waals surface area contributed by atoms with Gasteiger partial charge in [-0.1, -0.05) is 6.07 Å². The average Bonchev–Trinajstić information content (AvgIpc) is 3.12. The highest BCUT2D eigenvalue weighted by atomic mass is 16.5. The number of nitrogens with one attached hydrogen (secondary N) is 2. The van der Waals surface area contributed by atoms with Gasteiger partial charge in [-0.15, -0.1) is 0 Å². The molecule has 0 aliphatic heterocycles. The number of hydrogen-bond donors (Lipinski definition) is 2. The Bertz CT molecular complexity index is 414. The maximum Gasteiger partial charge on any atom is 0.239 e. The topological polar surface area (TPSA) is 50.4 Å². The highest BCUT2D eigenvalue weighted by Gasteiger charge is 2.22. The van der Waals surface area contributed by atoms with Crippen LogP contribution in [0.4, 0.5) is 5.69 Å². The van der Waals surface area contributed by atoms with E-state index in [1.165, 1.54) is 0 Å². The van der Waals surface area contributed by atoms with Crippen molar-refractivity contribution in [2.75, 3.05) is 19.0 Å². The molecular weight excluding hydrogens is 216 g/mol. The van der Waals surface area contributed by atoms with E-state index < -0.39 is 0 Å². The second kappa shape index (κ2) is 5.08. The molecule has 0 saturated heterocycles. The van der Waals surface area contributed by atoms with Crippen LogP contribution < -0.4 is 15.4 Å². The van der Waals surface area contributed by atoms with E-state index in [2.05, 4.69) is 10.6 Å². The molecule has 17 heavy (non-hydrogen) atoms. The largest absolute Gasteiger partial charge is 0.497 e. The number of aryl methyl sites for hydroxylation is 1. The minimum Gasteiger partial charge on any atom is -0.497 e. The second-order valence-electron chi connectivity index (χ2n) is 4.38. The smallest absolute Gasteiger partial charge is 0.239 e. The highest BCUT2D eigenvalue weighted by Crippen LogP contribution is 2.21. The Morgan fingerprint density at radius 2 is 2.24 bits per heavy atom. The van der Waals surface area contributed by atoms with Crippen molar-refractivity contribution in [1.29, 1.82) is 0 Å². The molecule has 1 aliphatic carbocycles. The van der Waals surface area contributed by atoms with Crippen LogP contribution in [0.3, 0.4) is 0 Å². The summed E-state index contributed by atoms with van der Waals surface area (Å²) in [4.78, 5) is 11.5. The summed E-state index contributed by atoms with van der Waals surface area (Å²) in [7, 11) is 1.63. The van der Waals surface area contributed by atoms with Crippen LogP contribution in [0.25, 0.3) is 0 Å². The molecule has 0 radical (unpaired) electrons. The van der Waals surface area contributed by atoms with Gasteiger partial charge in [0, 0.05) is 17.8 Å². The van der Waals surface area contributed by atoms with Gasteiger partial charge in [-0.05, 0) is 31.4 Å². The molecule has 2 rings (SSSR count). The molecule has 1 aromatic rings. The second-order valence-corrected chi connectivity index (χ2v) is 4.38. The fraction of sp³-hybridized carbons (Fsp3) is 0.462. The number of ether oxygens (including phenoxy) is 1. The predicted molar refractivity (Wildman–Crippen MR) is 67.4 cm³/mol. The number of carbonyl (C=O) groups is 1. The number of methoxy groups -OCH3 is 1. The van der Waals surface area contributed by atoms with E-state index in [1.54, 1.807) is 7.11 Å². The maximum absolute atomic E-state index is 11.5. The standard InChI is InChI=1S/C13H18N2O2/c1-9-3-6-11(17-2)7-12(9)14-8-13(16)15-10-4-5-10/h3,6-7,10,14H,4-5,8H2,1-2H3,(H,15,16). The Kier molecular flexibility index (Phi) is 3.52.